The van der Waals surface area contributed by atoms with Crippen molar-refractivity contribution in [3.8, 4) is 11.3 Å². The molecule has 3 aromatic rings. The molecule has 4 nitrogen and oxygen atoms in total. The smallest absolute Gasteiger partial charge is 0.163 e. The van der Waals surface area contributed by atoms with E-state index in [-0.39, 0.29) is 0 Å². The number of nitrogens with zero attached hydrogens (tertiary/aromatic N) is 4. The van der Waals surface area contributed by atoms with Crippen molar-refractivity contribution in [2.24, 2.45) is 0 Å². The molecule has 0 saturated carbocycles. The second-order valence-corrected chi connectivity index (χ2v) is 3.61. The number of aromatic nitrogens is 4. The lowest BCUT2D eigenvalue weighted by Crippen LogP contribution is -1.95. The molecule has 0 spiro atoms. The van der Waals surface area contributed by atoms with Crippen molar-refractivity contribution in [1.29, 1.82) is 0 Å². The normalized spacial score (nSPS) is 10.8. The van der Waals surface area contributed by atoms with Gasteiger partial charge in [0.15, 0.2) is 5.65 Å². The fourth-order valence-corrected chi connectivity index (χ4v) is 1.64. The molecule has 3 heterocycles. The van der Waals surface area contributed by atoms with Crippen molar-refractivity contribution in [2.75, 3.05) is 0 Å². The standard InChI is InChI=1S/C11H6ClN4/c12-10-2-1-8(7-14-10)9-3-5-13-11-4-6-15-16(9)11/h1-3,5-7H. The average Bonchev–Trinajstić information content (AvgIpc) is 2.78. The van der Waals surface area contributed by atoms with E-state index in [9.17, 15) is 0 Å². The molecule has 0 bridgehead atoms. The van der Waals surface area contributed by atoms with Crippen LogP contribution >= 0.6 is 11.6 Å². The van der Waals surface area contributed by atoms with Crippen LogP contribution in [0.5, 0.6) is 0 Å². The number of rotatable bonds is 1. The van der Waals surface area contributed by atoms with E-state index >= 15 is 0 Å². The van der Waals surface area contributed by atoms with Crippen molar-refractivity contribution in [3.05, 3.63) is 48.0 Å². The Morgan fingerprint density at radius 2 is 2.12 bits per heavy atom. The first-order chi connectivity index (χ1) is 7.84. The first-order valence-electron chi connectivity index (χ1n) is 4.67. The quantitative estimate of drug-likeness (QED) is 0.601. The van der Waals surface area contributed by atoms with Gasteiger partial charge in [0.1, 0.15) is 5.15 Å². The summed E-state index contributed by atoms with van der Waals surface area (Å²) in [5.74, 6) is 0. The van der Waals surface area contributed by atoms with E-state index in [1.807, 2.05) is 12.1 Å². The topological polar surface area (TPSA) is 43.1 Å². The molecular formula is C11H6ClN4. The summed E-state index contributed by atoms with van der Waals surface area (Å²) in [5.41, 5.74) is 2.54. The van der Waals surface area contributed by atoms with Crippen LogP contribution in [0.3, 0.4) is 0 Å². The van der Waals surface area contributed by atoms with Gasteiger partial charge in [0, 0.05) is 18.0 Å². The molecule has 5 heteroatoms. The summed E-state index contributed by atoms with van der Waals surface area (Å²) in [6.07, 6.45) is 5.02. The zero-order chi connectivity index (χ0) is 11.0. The maximum Gasteiger partial charge on any atom is 0.163 e. The third-order valence-corrected chi connectivity index (χ3v) is 2.47. The molecule has 0 N–H and O–H groups in total. The van der Waals surface area contributed by atoms with Gasteiger partial charge in [-0.3, -0.25) is 0 Å². The van der Waals surface area contributed by atoms with Crippen LogP contribution in [0.2, 0.25) is 5.15 Å². The van der Waals surface area contributed by atoms with Crippen molar-refractivity contribution in [2.45, 2.75) is 0 Å². The van der Waals surface area contributed by atoms with Gasteiger partial charge >= 0.3 is 0 Å². The zero-order valence-corrected chi connectivity index (χ0v) is 8.89. The molecule has 0 saturated heterocycles. The molecule has 16 heavy (non-hydrogen) atoms. The number of fused-ring (bicyclic) bond motifs is 1. The van der Waals surface area contributed by atoms with Gasteiger partial charge in [0.25, 0.3) is 0 Å². The van der Waals surface area contributed by atoms with Gasteiger partial charge in [-0.1, -0.05) is 11.6 Å². The lowest BCUT2D eigenvalue weighted by molar-refractivity contribution is 0.947. The number of hydrogen-bond acceptors (Lipinski definition) is 3. The Morgan fingerprint density at radius 3 is 2.94 bits per heavy atom. The fraction of sp³-hybridized carbons (Fsp3) is 0. The predicted octanol–water partition coefficient (Wildman–Crippen LogP) is 2.24. The van der Waals surface area contributed by atoms with Crippen LogP contribution in [0.4, 0.5) is 0 Å². The molecule has 77 valence electrons. The Labute approximate surface area is 96.5 Å². The van der Waals surface area contributed by atoms with Gasteiger partial charge in [0.05, 0.1) is 18.0 Å². The fourth-order valence-electron chi connectivity index (χ4n) is 1.52. The van der Waals surface area contributed by atoms with Crippen LogP contribution in [-0.2, 0) is 0 Å². The third-order valence-electron chi connectivity index (χ3n) is 2.25. The predicted molar refractivity (Wildman–Crippen MR) is 60.1 cm³/mol. The van der Waals surface area contributed by atoms with Crippen molar-refractivity contribution >= 4 is 17.2 Å². The third kappa shape index (κ3) is 1.44. The summed E-state index contributed by atoms with van der Waals surface area (Å²) in [4.78, 5) is 8.18. The molecule has 0 aromatic carbocycles. The van der Waals surface area contributed by atoms with Gasteiger partial charge in [0.2, 0.25) is 0 Å². The first-order valence-corrected chi connectivity index (χ1v) is 5.05. The summed E-state index contributed by atoms with van der Waals surface area (Å²) in [5, 5.41) is 4.63. The Balaban J connectivity index is 2.25. The van der Waals surface area contributed by atoms with Gasteiger partial charge < -0.3 is 0 Å². The molecule has 0 fully saturated rings. The number of halogens is 1. The van der Waals surface area contributed by atoms with Crippen LogP contribution in [0, 0.1) is 6.07 Å². The van der Waals surface area contributed by atoms with E-state index in [2.05, 4.69) is 21.1 Å². The zero-order valence-electron chi connectivity index (χ0n) is 8.13. The molecule has 1 radical (unpaired) electrons. The highest BCUT2D eigenvalue weighted by Gasteiger charge is 2.04. The van der Waals surface area contributed by atoms with E-state index in [0.717, 1.165) is 11.3 Å². The first kappa shape index (κ1) is 9.30. The Hall–Kier alpha value is -1.94. The Kier molecular flexibility index (Phi) is 2.08. The van der Waals surface area contributed by atoms with Crippen LogP contribution in [-0.4, -0.2) is 19.6 Å². The molecule has 0 aliphatic rings. The van der Waals surface area contributed by atoms with Gasteiger partial charge in [-0.2, -0.15) is 5.10 Å². The Bertz CT molecular complexity index is 630. The van der Waals surface area contributed by atoms with E-state index in [0.29, 0.717) is 10.8 Å². The van der Waals surface area contributed by atoms with Crippen molar-refractivity contribution in [1.82, 2.24) is 19.6 Å². The minimum absolute atomic E-state index is 0.473. The molecular weight excluding hydrogens is 224 g/mol. The minimum Gasteiger partial charge on any atom is -0.244 e. The number of pyridine rings is 1. The highest BCUT2D eigenvalue weighted by molar-refractivity contribution is 6.29. The maximum atomic E-state index is 5.74. The largest absolute Gasteiger partial charge is 0.244 e. The van der Waals surface area contributed by atoms with Crippen LogP contribution in [0.1, 0.15) is 0 Å². The molecule has 0 amide bonds. The lowest BCUT2D eigenvalue weighted by atomic mass is 10.2. The minimum atomic E-state index is 0.473. The van der Waals surface area contributed by atoms with Crippen LogP contribution in [0.15, 0.2) is 36.8 Å². The molecule has 0 atom stereocenters. The SMILES string of the molecule is Clc1ccc(-c2ccnc3[c]cnn23)cn1. The van der Waals surface area contributed by atoms with Crippen LogP contribution in [0.25, 0.3) is 16.9 Å². The second kappa shape index (κ2) is 3.57. The van der Waals surface area contributed by atoms with E-state index in [4.69, 9.17) is 11.6 Å². The molecule has 0 aliphatic carbocycles. The maximum absolute atomic E-state index is 5.74. The molecule has 0 aliphatic heterocycles. The summed E-state index contributed by atoms with van der Waals surface area (Å²) in [6, 6.07) is 8.45. The summed E-state index contributed by atoms with van der Waals surface area (Å²) in [7, 11) is 0. The number of hydrogen-bond donors (Lipinski definition) is 0. The van der Waals surface area contributed by atoms with Crippen molar-refractivity contribution < 1.29 is 0 Å². The highest BCUT2D eigenvalue weighted by Crippen LogP contribution is 2.19. The van der Waals surface area contributed by atoms with Gasteiger partial charge in [-0.15, -0.1) is 0 Å². The van der Waals surface area contributed by atoms with E-state index in [1.54, 1.807) is 29.2 Å². The van der Waals surface area contributed by atoms with E-state index in [1.165, 1.54) is 0 Å². The molecule has 0 unspecified atom stereocenters. The second-order valence-electron chi connectivity index (χ2n) is 3.22. The summed E-state index contributed by atoms with van der Waals surface area (Å²) in [6.45, 7) is 0. The van der Waals surface area contributed by atoms with Crippen molar-refractivity contribution in [3.63, 3.8) is 0 Å². The van der Waals surface area contributed by atoms with Gasteiger partial charge in [-0.25, -0.2) is 14.5 Å². The monoisotopic (exact) mass is 229 g/mol. The Morgan fingerprint density at radius 1 is 1.19 bits per heavy atom. The van der Waals surface area contributed by atoms with Gasteiger partial charge in [-0.05, 0) is 18.2 Å². The van der Waals surface area contributed by atoms with E-state index < -0.39 is 0 Å². The average molecular weight is 230 g/mol. The highest BCUT2D eigenvalue weighted by atomic mass is 35.5. The summed E-state index contributed by atoms with van der Waals surface area (Å²) < 4.78 is 1.71. The molecule has 3 rings (SSSR count). The molecule has 3 aromatic heterocycles. The van der Waals surface area contributed by atoms with Crippen LogP contribution < -0.4 is 0 Å². The lowest BCUT2D eigenvalue weighted by Gasteiger charge is -2.03. The summed E-state index contributed by atoms with van der Waals surface area (Å²) >= 11 is 5.74.